The normalized spacial score (nSPS) is 30.8. The summed E-state index contributed by atoms with van der Waals surface area (Å²) in [7, 11) is -3.60. The maximum absolute atomic E-state index is 10.4. The van der Waals surface area contributed by atoms with Crippen molar-refractivity contribution in [2.24, 2.45) is 5.14 Å². The summed E-state index contributed by atoms with van der Waals surface area (Å²) in [5, 5.41) is 16.7. The van der Waals surface area contributed by atoms with Gasteiger partial charge in [0.25, 0.3) is 10.2 Å². The van der Waals surface area contributed by atoms with Crippen LogP contribution in [-0.4, -0.2) is 38.8 Å². The SMILES string of the molecule is NS(=O)(=O)NCC1CC(O)CN1. The van der Waals surface area contributed by atoms with Crippen molar-refractivity contribution >= 4 is 10.2 Å². The van der Waals surface area contributed by atoms with Crippen molar-refractivity contribution in [2.45, 2.75) is 18.6 Å². The van der Waals surface area contributed by atoms with Crippen molar-refractivity contribution in [3.8, 4) is 0 Å². The molecule has 1 heterocycles. The smallest absolute Gasteiger partial charge is 0.274 e. The van der Waals surface area contributed by atoms with Gasteiger partial charge in [0.05, 0.1) is 6.10 Å². The minimum Gasteiger partial charge on any atom is -0.392 e. The molecule has 7 heteroatoms. The van der Waals surface area contributed by atoms with Crippen LogP contribution in [-0.2, 0) is 10.2 Å². The zero-order valence-corrected chi connectivity index (χ0v) is 7.34. The van der Waals surface area contributed by atoms with Crippen LogP contribution >= 0.6 is 0 Å². The van der Waals surface area contributed by atoms with E-state index in [0.29, 0.717) is 13.0 Å². The maximum Gasteiger partial charge on any atom is 0.274 e. The quantitative estimate of drug-likeness (QED) is 0.399. The highest BCUT2D eigenvalue weighted by molar-refractivity contribution is 7.87. The number of nitrogens with two attached hydrogens (primary N) is 1. The summed E-state index contributed by atoms with van der Waals surface area (Å²) in [4.78, 5) is 0. The molecule has 0 saturated carbocycles. The number of aliphatic hydroxyl groups excluding tert-OH is 1. The summed E-state index contributed by atoms with van der Waals surface area (Å²) >= 11 is 0. The fraction of sp³-hybridized carbons (Fsp3) is 1.00. The first-order chi connectivity index (χ1) is 5.47. The highest BCUT2D eigenvalue weighted by Gasteiger charge is 2.22. The second-order valence-electron chi connectivity index (χ2n) is 2.89. The highest BCUT2D eigenvalue weighted by atomic mass is 32.2. The molecule has 1 rings (SSSR count). The summed E-state index contributed by atoms with van der Waals surface area (Å²) in [6.07, 6.45) is 0.181. The molecule has 0 amide bonds. The Labute approximate surface area is 71.3 Å². The lowest BCUT2D eigenvalue weighted by Gasteiger charge is -2.08. The van der Waals surface area contributed by atoms with Crippen LogP contribution in [0.25, 0.3) is 0 Å². The van der Waals surface area contributed by atoms with Crippen LogP contribution in [0.2, 0.25) is 0 Å². The summed E-state index contributed by atoms with van der Waals surface area (Å²) in [5.41, 5.74) is 0. The molecule has 0 radical (unpaired) electrons. The van der Waals surface area contributed by atoms with Crippen molar-refractivity contribution < 1.29 is 13.5 Å². The Kier molecular flexibility index (Phi) is 3.02. The van der Waals surface area contributed by atoms with Gasteiger partial charge in [0.15, 0.2) is 0 Å². The molecule has 0 bridgehead atoms. The number of aliphatic hydroxyl groups is 1. The molecule has 0 aliphatic carbocycles. The van der Waals surface area contributed by atoms with Gasteiger partial charge in [-0.15, -0.1) is 0 Å². The predicted molar refractivity (Wildman–Crippen MR) is 43.5 cm³/mol. The molecule has 0 aromatic rings. The standard InChI is InChI=1S/C5H13N3O3S/c6-12(10,11)8-2-4-1-5(9)3-7-4/h4-5,7-9H,1-3H2,(H2,6,10,11). The van der Waals surface area contributed by atoms with E-state index in [1.165, 1.54) is 0 Å². The molecule has 5 N–H and O–H groups in total. The monoisotopic (exact) mass is 195 g/mol. The molecular formula is C5H13N3O3S. The van der Waals surface area contributed by atoms with E-state index in [0.717, 1.165) is 0 Å². The second kappa shape index (κ2) is 3.67. The Hall–Kier alpha value is -0.210. The molecule has 0 aromatic carbocycles. The lowest BCUT2D eigenvalue weighted by atomic mass is 10.2. The van der Waals surface area contributed by atoms with Crippen molar-refractivity contribution in [2.75, 3.05) is 13.1 Å². The zero-order chi connectivity index (χ0) is 9.19. The molecule has 1 saturated heterocycles. The number of β-amino-alcohol motifs (C(OH)–C–C–N with tert-alkyl or cyclic N) is 1. The fourth-order valence-corrected chi connectivity index (χ4v) is 1.60. The van der Waals surface area contributed by atoms with E-state index in [2.05, 4.69) is 10.0 Å². The van der Waals surface area contributed by atoms with Crippen molar-refractivity contribution in [3.05, 3.63) is 0 Å². The summed E-state index contributed by atoms with van der Waals surface area (Å²) in [6, 6.07) is -0.0154. The van der Waals surface area contributed by atoms with Gasteiger partial charge >= 0.3 is 0 Å². The molecule has 0 aromatic heterocycles. The van der Waals surface area contributed by atoms with Crippen LogP contribution in [0.3, 0.4) is 0 Å². The average molecular weight is 195 g/mol. The molecule has 0 spiro atoms. The third-order valence-corrected chi connectivity index (χ3v) is 2.30. The molecule has 2 unspecified atom stereocenters. The van der Waals surface area contributed by atoms with Crippen LogP contribution < -0.4 is 15.2 Å². The van der Waals surface area contributed by atoms with E-state index >= 15 is 0 Å². The van der Waals surface area contributed by atoms with E-state index in [1.807, 2.05) is 0 Å². The third-order valence-electron chi connectivity index (χ3n) is 1.73. The molecule has 6 nitrogen and oxygen atoms in total. The molecule has 72 valence electrons. The third kappa shape index (κ3) is 3.46. The maximum atomic E-state index is 10.4. The van der Waals surface area contributed by atoms with E-state index in [9.17, 15) is 8.42 Å². The van der Waals surface area contributed by atoms with Gasteiger partial charge in [0.2, 0.25) is 0 Å². The predicted octanol–water partition coefficient (Wildman–Crippen LogP) is -2.50. The fourth-order valence-electron chi connectivity index (χ4n) is 1.17. The first kappa shape index (κ1) is 9.87. The lowest BCUT2D eigenvalue weighted by Crippen LogP contribution is -2.40. The Morgan fingerprint density at radius 3 is 2.75 bits per heavy atom. The number of hydrogen-bond acceptors (Lipinski definition) is 4. The van der Waals surface area contributed by atoms with Gasteiger partial charge in [-0.05, 0) is 6.42 Å². The Morgan fingerprint density at radius 2 is 2.33 bits per heavy atom. The van der Waals surface area contributed by atoms with Crippen LogP contribution in [0, 0.1) is 0 Å². The largest absolute Gasteiger partial charge is 0.392 e. The second-order valence-corrected chi connectivity index (χ2v) is 4.27. The topological polar surface area (TPSA) is 104 Å². The molecular weight excluding hydrogens is 182 g/mol. The van der Waals surface area contributed by atoms with Crippen LogP contribution in [0.4, 0.5) is 0 Å². The van der Waals surface area contributed by atoms with Crippen molar-refractivity contribution in [1.29, 1.82) is 0 Å². The van der Waals surface area contributed by atoms with E-state index < -0.39 is 10.2 Å². The summed E-state index contributed by atoms with van der Waals surface area (Å²) in [6.45, 7) is 0.743. The Balaban J connectivity index is 2.25. The minimum atomic E-state index is -3.60. The Morgan fingerprint density at radius 1 is 1.67 bits per heavy atom. The first-order valence-electron chi connectivity index (χ1n) is 3.66. The average Bonchev–Trinajstić information content (AvgIpc) is 2.30. The van der Waals surface area contributed by atoms with Gasteiger partial charge in [-0.1, -0.05) is 0 Å². The van der Waals surface area contributed by atoms with Crippen molar-refractivity contribution in [3.63, 3.8) is 0 Å². The van der Waals surface area contributed by atoms with Gasteiger partial charge in [-0.3, -0.25) is 0 Å². The van der Waals surface area contributed by atoms with Gasteiger partial charge in [0, 0.05) is 19.1 Å². The van der Waals surface area contributed by atoms with Gasteiger partial charge in [-0.2, -0.15) is 8.42 Å². The molecule has 12 heavy (non-hydrogen) atoms. The van der Waals surface area contributed by atoms with Crippen LogP contribution in [0.5, 0.6) is 0 Å². The molecule has 1 aliphatic rings. The molecule has 2 atom stereocenters. The van der Waals surface area contributed by atoms with E-state index in [4.69, 9.17) is 10.2 Å². The number of rotatable bonds is 3. The zero-order valence-electron chi connectivity index (χ0n) is 6.53. The van der Waals surface area contributed by atoms with Crippen LogP contribution in [0.1, 0.15) is 6.42 Å². The lowest BCUT2D eigenvalue weighted by molar-refractivity contribution is 0.193. The summed E-state index contributed by atoms with van der Waals surface area (Å²) < 4.78 is 23.1. The van der Waals surface area contributed by atoms with Gasteiger partial charge < -0.3 is 10.4 Å². The van der Waals surface area contributed by atoms with E-state index in [-0.39, 0.29) is 18.7 Å². The van der Waals surface area contributed by atoms with E-state index in [1.54, 1.807) is 0 Å². The Bertz CT molecular complexity index is 240. The highest BCUT2D eigenvalue weighted by Crippen LogP contribution is 2.04. The number of hydrogen-bond donors (Lipinski definition) is 4. The minimum absolute atomic E-state index is 0.0154. The van der Waals surface area contributed by atoms with Crippen LogP contribution in [0.15, 0.2) is 0 Å². The molecule has 1 fully saturated rings. The van der Waals surface area contributed by atoms with Crippen molar-refractivity contribution in [1.82, 2.24) is 10.0 Å². The number of nitrogens with one attached hydrogen (secondary N) is 2. The van der Waals surface area contributed by atoms with Gasteiger partial charge in [-0.25, -0.2) is 9.86 Å². The van der Waals surface area contributed by atoms with Gasteiger partial charge in [0.1, 0.15) is 0 Å². The summed E-state index contributed by atoms with van der Waals surface area (Å²) in [5.74, 6) is 0. The first-order valence-corrected chi connectivity index (χ1v) is 5.21. The molecule has 1 aliphatic heterocycles.